The fourth-order valence-electron chi connectivity index (χ4n) is 1.32. The second-order valence-corrected chi connectivity index (χ2v) is 3.79. The number of rotatable bonds is 0. The minimum Gasteiger partial charge on any atom is -0.370 e. The quantitative estimate of drug-likeness (QED) is 0.732. The van der Waals surface area contributed by atoms with E-state index in [2.05, 4.69) is 44.2 Å². The van der Waals surface area contributed by atoms with Crippen molar-refractivity contribution in [3.63, 3.8) is 0 Å². The lowest BCUT2D eigenvalue weighted by atomic mass is 10.3. The lowest BCUT2D eigenvalue weighted by Crippen LogP contribution is -2.30. The van der Waals surface area contributed by atoms with Gasteiger partial charge in [-0.2, -0.15) is 0 Å². The molecule has 12 heavy (non-hydrogen) atoms. The monoisotopic (exact) mass is 227 g/mol. The third-order valence-electron chi connectivity index (χ3n) is 1.99. The van der Waals surface area contributed by atoms with Gasteiger partial charge in [-0.05, 0) is 22.0 Å². The second-order valence-electron chi connectivity index (χ2n) is 2.87. The van der Waals surface area contributed by atoms with E-state index in [-0.39, 0.29) is 0 Å². The molecular formula is C8H10BrN3. The molecule has 2 heterocycles. The summed E-state index contributed by atoms with van der Waals surface area (Å²) in [7, 11) is 2.08. The number of nitrogens with zero attached hydrogens (tertiary/aromatic N) is 2. The molecule has 0 fully saturated rings. The predicted molar refractivity (Wildman–Crippen MR) is 53.7 cm³/mol. The van der Waals surface area contributed by atoms with Gasteiger partial charge in [0.15, 0.2) is 0 Å². The van der Waals surface area contributed by atoms with Crippen LogP contribution in [0.5, 0.6) is 0 Å². The molecule has 1 aliphatic rings. The van der Waals surface area contributed by atoms with Crippen molar-refractivity contribution in [2.45, 2.75) is 0 Å². The molecule has 0 saturated carbocycles. The number of anilines is 2. The van der Waals surface area contributed by atoms with Gasteiger partial charge in [-0.1, -0.05) is 0 Å². The van der Waals surface area contributed by atoms with Gasteiger partial charge in [0.05, 0.1) is 5.69 Å². The molecule has 0 spiro atoms. The third kappa shape index (κ3) is 1.27. The molecule has 1 aliphatic heterocycles. The van der Waals surface area contributed by atoms with Crippen LogP contribution in [0.2, 0.25) is 0 Å². The first-order valence-electron chi connectivity index (χ1n) is 3.88. The van der Waals surface area contributed by atoms with E-state index in [0.29, 0.717) is 0 Å². The molecule has 1 aromatic rings. The van der Waals surface area contributed by atoms with E-state index in [1.165, 1.54) is 0 Å². The van der Waals surface area contributed by atoms with Gasteiger partial charge in [0.25, 0.3) is 0 Å². The maximum atomic E-state index is 4.27. The Hall–Kier alpha value is -0.770. The highest BCUT2D eigenvalue weighted by Crippen LogP contribution is 2.27. The summed E-state index contributed by atoms with van der Waals surface area (Å²) in [6, 6.07) is 2.08. The summed E-state index contributed by atoms with van der Waals surface area (Å²) in [5.41, 5.74) is 1.16. The van der Waals surface area contributed by atoms with E-state index < -0.39 is 0 Å². The third-order valence-corrected chi connectivity index (χ3v) is 2.42. The maximum Gasteiger partial charge on any atom is 0.149 e. The van der Waals surface area contributed by atoms with Gasteiger partial charge < -0.3 is 10.2 Å². The van der Waals surface area contributed by atoms with Crippen molar-refractivity contribution in [1.29, 1.82) is 0 Å². The molecule has 0 saturated heterocycles. The first kappa shape index (κ1) is 7.86. The van der Waals surface area contributed by atoms with E-state index in [4.69, 9.17) is 0 Å². The van der Waals surface area contributed by atoms with E-state index in [1.807, 2.05) is 6.20 Å². The number of pyridine rings is 1. The molecule has 0 atom stereocenters. The highest BCUT2D eigenvalue weighted by Gasteiger charge is 2.13. The molecule has 0 aromatic carbocycles. The largest absolute Gasteiger partial charge is 0.370 e. The lowest BCUT2D eigenvalue weighted by Gasteiger charge is -2.27. The average Bonchev–Trinajstić information content (AvgIpc) is 2.07. The van der Waals surface area contributed by atoms with Crippen molar-refractivity contribution in [2.24, 2.45) is 0 Å². The van der Waals surface area contributed by atoms with Crippen LogP contribution in [0.3, 0.4) is 0 Å². The van der Waals surface area contributed by atoms with Crippen LogP contribution < -0.4 is 10.2 Å². The minimum absolute atomic E-state index is 0.970. The Morgan fingerprint density at radius 1 is 1.67 bits per heavy atom. The molecule has 64 valence electrons. The number of likely N-dealkylation sites (N-methyl/N-ethyl adjacent to an activating group) is 1. The van der Waals surface area contributed by atoms with E-state index >= 15 is 0 Å². The maximum absolute atomic E-state index is 4.27. The first-order chi connectivity index (χ1) is 5.77. The van der Waals surface area contributed by atoms with Crippen LogP contribution in [-0.4, -0.2) is 25.1 Å². The van der Waals surface area contributed by atoms with Crippen LogP contribution in [0.1, 0.15) is 0 Å². The summed E-state index contributed by atoms with van der Waals surface area (Å²) in [4.78, 5) is 6.47. The molecule has 0 aliphatic carbocycles. The van der Waals surface area contributed by atoms with Crippen LogP contribution in [0.25, 0.3) is 0 Å². The van der Waals surface area contributed by atoms with Gasteiger partial charge in [-0.15, -0.1) is 0 Å². The molecule has 1 N–H and O–H groups in total. The smallest absolute Gasteiger partial charge is 0.149 e. The molecule has 0 unspecified atom stereocenters. The first-order valence-corrected chi connectivity index (χ1v) is 4.67. The topological polar surface area (TPSA) is 28.2 Å². The van der Waals surface area contributed by atoms with Crippen molar-refractivity contribution in [3.05, 3.63) is 16.7 Å². The predicted octanol–water partition coefficient (Wildman–Crippen LogP) is 1.71. The van der Waals surface area contributed by atoms with Crippen molar-refractivity contribution >= 4 is 27.4 Å². The van der Waals surface area contributed by atoms with Gasteiger partial charge in [0, 0.05) is 30.8 Å². The number of halogens is 1. The van der Waals surface area contributed by atoms with Gasteiger partial charge in [-0.3, -0.25) is 0 Å². The van der Waals surface area contributed by atoms with Crippen molar-refractivity contribution in [2.75, 3.05) is 30.4 Å². The minimum atomic E-state index is 0.970. The molecule has 0 amide bonds. The number of fused-ring (bicyclic) bond motifs is 1. The van der Waals surface area contributed by atoms with E-state index in [9.17, 15) is 0 Å². The number of hydrogen-bond donors (Lipinski definition) is 1. The van der Waals surface area contributed by atoms with Crippen LogP contribution >= 0.6 is 15.9 Å². The van der Waals surface area contributed by atoms with Crippen LogP contribution in [-0.2, 0) is 0 Å². The Morgan fingerprint density at radius 3 is 3.33 bits per heavy atom. The summed E-state index contributed by atoms with van der Waals surface area (Å²) in [6.07, 6.45) is 1.81. The van der Waals surface area contributed by atoms with Crippen molar-refractivity contribution in [3.8, 4) is 0 Å². The van der Waals surface area contributed by atoms with Gasteiger partial charge >= 0.3 is 0 Å². The zero-order valence-electron chi connectivity index (χ0n) is 6.84. The van der Waals surface area contributed by atoms with Crippen LogP contribution in [0.4, 0.5) is 11.5 Å². The molecule has 0 radical (unpaired) electrons. The van der Waals surface area contributed by atoms with Gasteiger partial charge in [-0.25, -0.2) is 4.98 Å². The molecule has 0 bridgehead atoms. The number of aromatic nitrogens is 1. The second kappa shape index (κ2) is 2.94. The molecule has 3 nitrogen and oxygen atoms in total. The number of nitrogens with one attached hydrogen (secondary N) is 1. The van der Waals surface area contributed by atoms with Crippen LogP contribution in [0.15, 0.2) is 16.7 Å². The Kier molecular flexibility index (Phi) is 1.92. The summed E-state index contributed by atoms with van der Waals surface area (Å²) in [5.74, 6) is 0.979. The Labute approximate surface area is 79.9 Å². The highest BCUT2D eigenvalue weighted by molar-refractivity contribution is 9.10. The van der Waals surface area contributed by atoms with Gasteiger partial charge in [0.2, 0.25) is 0 Å². The van der Waals surface area contributed by atoms with Gasteiger partial charge in [0.1, 0.15) is 5.82 Å². The SMILES string of the molecule is CN1CCNc2ncc(Br)cc21. The summed E-state index contributed by atoms with van der Waals surface area (Å²) in [6.45, 7) is 2.00. The number of hydrogen-bond acceptors (Lipinski definition) is 3. The van der Waals surface area contributed by atoms with E-state index in [1.54, 1.807) is 0 Å². The summed E-state index contributed by atoms with van der Waals surface area (Å²) >= 11 is 3.40. The van der Waals surface area contributed by atoms with E-state index in [0.717, 1.165) is 29.1 Å². The molecule has 1 aromatic heterocycles. The lowest BCUT2D eigenvalue weighted by molar-refractivity contribution is 0.873. The molecule has 2 rings (SSSR count). The van der Waals surface area contributed by atoms with Crippen molar-refractivity contribution in [1.82, 2.24) is 4.98 Å². The fourth-order valence-corrected chi connectivity index (χ4v) is 1.64. The zero-order chi connectivity index (χ0) is 8.55. The molecular weight excluding hydrogens is 218 g/mol. The standard InChI is InChI=1S/C8H10BrN3/c1-12-3-2-10-8-7(12)4-6(9)5-11-8/h4-5H,2-3H2,1H3,(H,10,11). The zero-order valence-corrected chi connectivity index (χ0v) is 8.43. The Balaban J connectivity index is 2.47. The molecule has 4 heteroatoms. The van der Waals surface area contributed by atoms with Crippen molar-refractivity contribution < 1.29 is 0 Å². The summed E-state index contributed by atoms with van der Waals surface area (Å²) in [5, 5.41) is 3.25. The fraction of sp³-hybridized carbons (Fsp3) is 0.375. The Bertz CT molecular complexity index is 300. The highest BCUT2D eigenvalue weighted by atomic mass is 79.9. The van der Waals surface area contributed by atoms with Crippen LogP contribution in [0, 0.1) is 0 Å². The summed E-state index contributed by atoms with van der Waals surface area (Å²) < 4.78 is 1.02. The normalized spacial score (nSPS) is 15.3. The Morgan fingerprint density at radius 2 is 2.50 bits per heavy atom. The average molecular weight is 228 g/mol.